The molecule has 0 N–H and O–H groups in total. The zero-order valence-corrected chi connectivity index (χ0v) is 6.52. The Morgan fingerprint density at radius 2 is 2.20 bits per heavy atom. The second-order valence-corrected chi connectivity index (χ2v) is 2.54. The van der Waals surface area contributed by atoms with E-state index in [2.05, 4.69) is 20.8 Å². The van der Waals surface area contributed by atoms with Crippen LogP contribution in [0.15, 0.2) is 22.7 Å². The fraction of sp³-hybridized carbons (Fsp3) is 0. The maximum atomic E-state index is 12.7. The maximum absolute atomic E-state index is 12.7. The summed E-state index contributed by atoms with van der Waals surface area (Å²) in [5.74, 6) is -0.488. The lowest BCUT2D eigenvalue weighted by Crippen LogP contribution is -1.74. The second kappa shape index (κ2) is 2.80. The van der Waals surface area contributed by atoms with Crippen molar-refractivity contribution in [1.29, 1.82) is 0 Å². The van der Waals surface area contributed by atoms with Crippen LogP contribution < -0.4 is 0 Å². The summed E-state index contributed by atoms with van der Waals surface area (Å²) in [4.78, 5) is 2.98. The molecule has 1 rings (SSSR count). The molecule has 1 aromatic rings. The Morgan fingerprint density at radius 3 is 2.70 bits per heavy atom. The molecule has 10 heavy (non-hydrogen) atoms. The quantitative estimate of drug-likeness (QED) is 0.566. The van der Waals surface area contributed by atoms with Crippen LogP contribution in [-0.4, -0.2) is 0 Å². The smallest absolute Gasteiger partial charge is 0.223 e. The van der Waals surface area contributed by atoms with Crippen molar-refractivity contribution in [3.8, 4) is 0 Å². The van der Waals surface area contributed by atoms with Crippen LogP contribution in [0.25, 0.3) is 4.85 Å². The summed E-state index contributed by atoms with van der Waals surface area (Å²) in [5.41, 5.74) is 0.0503. The lowest BCUT2D eigenvalue weighted by molar-refractivity contribution is 0.627. The van der Waals surface area contributed by atoms with Gasteiger partial charge in [0.2, 0.25) is 5.69 Å². The van der Waals surface area contributed by atoms with Crippen molar-refractivity contribution in [1.82, 2.24) is 0 Å². The summed E-state index contributed by atoms with van der Waals surface area (Å²) in [6.45, 7) is 6.55. The zero-order chi connectivity index (χ0) is 7.56. The Balaban J connectivity index is 3.31. The first-order chi connectivity index (χ1) is 4.75. The van der Waals surface area contributed by atoms with Gasteiger partial charge in [-0.2, -0.15) is 0 Å². The highest BCUT2D eigenvalue weighted by Gasteiger charge is 2.02. The van der Waals surface area contributed by atoms with Gasteiger partial charge in [-0.05, 0) is 22.0 Å². The molecule has 0 fully saturated rings. The molecule has 1 nitrogen and oxygen atoms in total. The van der Waals surface area contributed by atoms with Crippen molar-refractivity contribution in [2.24, 2.45) is 0 Å². The van der Waals surface area contributed by atoms with Gasteiger partial charge < -0.3 is 0 Å². The summed E-state index contributed by atoms with van der Waals surface area (Å²) in [6.07, 6.45) is 0. The van der Waals surface area contributed by atoms with Crippen molar-refractivity contribution >= 4 is 21.6 Å². The average Bonchev–Trinajstić information content (AvgIpc) is 1.95. The van der Waals surface area contributed by atoms with Gasteiger partial charge >= 0.3 is 0 Å². The van der Waals surface area contributed by atoms with Gasteiger partial charge in [0.05, 0.1) is 6.57 Å². The molecule has 0 saturated heterocycles. The summed E-state index contributed by atoms with van der Waals surface area (Å²) >= 11 is 2.97. The van der Waals surface area contributed by atoms with Crippen LogP contribution in [0, 0.1) is 12.4 Å². The standard InChI is InChI=1S/C7H3BrFN/c1-10-6-4-2-3-5(8)7(6)9/h2-4H. The molecule has 0 unspecified atom stereocenters. The molecule has 0 amide bonds. The number of hydrogen-bond donors (Lipinski definition) is 0. The number of rotatable bonds is 0. The first-order valence-electron chi connectivity index (χ1n) is 2.57. The molecule has 0 saturated carbocycles. The molecule has 0 aliphatic carbocycles. The molecular weight excluding hydrogens is 197 g/mol. The van der Waals surface area contributed by atoms with Gasteiger partial charge in [0.15, 0.2) is 0 Å². The Bertz CT molecular complexity index is 290. The summed E-state index contributed by atoms with van der Waals surface area (Å²) in [7, 11) is 0. The monoisotopic (exact) mass is 199 g/mol. The van der Waals surface area contributed by atoms with E-state index in [1.54, 1.807) is 12.1 Å². The summed E-state index contributed by atoms with van der Waals surface area (Å²) < 4.78 is 13.1. The highest BCUT2D eigenvalue weighted by molar-refractivity contribution is 9.10. The molecule has 0 heterocycles. The topological polar surface area (TPSA) is 4.36 Å². The third kappa shape index (κ3) is 1.17. The molecule has 0 radical (unpaired) electrons. The van der Waals surface area contributed by atoms with Crippen molar-refractivity contribution in [3.05, 3.63) is 39.9 Å². The van der Waals surface area contributed by atoms with E-state index >= 15 is 0 Å². The van der Waals surface area contributed by atoms with Crippen LogP contribution in [0.4, 0.5) is 10.1 Å². The molecule has 0 spiro atoms. The van der Waals surface area contributed by atoms with Crippen LogP contribution in [-0.2, 0) is 0 Å². The van der Waals surface area contributed by atoms with E-state index in [0.29, 0.717) is 4.47 Å². The molecule has 1 aromatic carbocycles. The fourth-order valence-electron chi connectivity index (χ4n) is 0.579. The molecular formula is C7H3BrFN. The van der Waals surface area contributed by atoms with Gasteiger partial charge in [-0.15, -0.1) is 0 Å². The van der Waals surface area contributed by atoms with Crippen LogP contribution in [0.1, 0.15) is 0 Å². The minimum Gasteiger partial charge on any atom is -0.235 e. The van der Waals surface area contributed by atoms with E-state index < -0.39 is 5.82 Å². The van der Waals surface area contributed by atoms with Gasteiger partial charge in [0.25, 0.3) is 0 Å². The Hall–Kier alpha value is -0.880. The number of benzene rings is 1. The third-order valence-electron chi connectivity index (χ3n) is 1.05. The highest BCUT2D eigenvalue weighted by atomic mass is 79.9. The van der Waals surface area contributed by atoms with Gasteiger partial charge in [-0.3, -0.25) is 0 Å². The normalized spacial score (nSPS) is 8.90. The van der Waals surface area contributed by atoms with Crippen molar-refractivity contribution < 1.29 is 4.39 Å². The Morgan fingerprint density at radius 1 is 1.50 bits per heavy atom. The molecule has 0 aliphatic rings. The zero-order valence-electron chi connectivity index (χ0n) is 4.94. The predicted octanol–water partition coefficient (Wildman–Crippen LogP) is 3.14. The molecule has 50 valence electrons. The van der Waals surface area contributed by atoms with E-state index in [0.717, 1.165) is 0 Å². The average molecular weight is 200 g/mol. The fourth-order valence-corrected chi connectivity index (χ4v) is 0.934. The highest BCUT2D eigenvalue weighted by Crippen LogP contribution is 2.24. The third-order valence-corrected chi connectivity index (χ3v) is 1.66. The number of hydrogen-bond acceptors (Lipinski definition) is 0. The first-order valence-corrected chi connectivity index (χ1v) is 3.36. The van der Waals surface area contributed by atoms with E-state index in [4.69, 9.17) is 6.57 Å². The lowest BCUT2D eigenvalue weighted by Gasteiger charge is -1.93. The van der Waals surface area contributed by atoms with E-state index in [1.165, 1.54) is 6.07 Å². The van der Waals surface area contributed by atoms with Crippen LogP contribution in [0.5, 0.6) is 0 Å². The molecule has 0 bridgehead atoms. The van der Waals surface area contributed by atoms with E-state index in [9.17, 15) is 4.39 Å². The maximum Gasteiger partial charge on any atom is 0.223 e. The van der Waals surface area contributed by atoms with E-state index in [1.807, 2.05) is 0 Å². The SMILES string of the molecule is [C-]#[N+]c1cccc(Br)c1F. The summed E-state index contributed by atoms with van der Waals surface area (Å²) in [6, 6.07) is 4.62. The lowest BCUT2D eigenvalue weighted by atomic mass is 10.3. The summed E-state index contributed by atoms with van der Waals surface area (Å²) in [5, 5.41) is 0. The van der Waals surface area contributed by atoms with Crippen molar-refractivity contribution in [3.63, 3.8) is 0 Å². The minimum absolute atomic E-state index is 0.0503. The van der Waals surface area contributed by atoms with Crippen LogP contribution in [0.2, 0.25) is 0 Å². The largest absolute Gasteiger partial charge is 0.235 e. The first kappa shape index (κ1) is 7.23. The number of nitrogens with zero attached hydrogens (tertiary/aromatic N) is 1. The second-order valence-electron chi connectivity index (χ2n) is 1.68. The van der Waals surface area contributed by atoms with Gasteiger partial charge in [0, 0.05) is 4.47 Å². The molecule has 0 aliphatic heterocycles. The van der Waals surface area contributed by atoms with Crippen LogP contribution >= 0.6 is 15.9 Å². The van der Waals surface area contributed by atoms with E-state index in [-0.39, 0.29) is 5.69 Å². The van der Waals surface area contributed by atoms with Crippen molar-refractivity contribution in [2.75, 3.05) is 0 Å². The number of halogens is 2. The molecule has 0 aromatic heterocycles. The van der Waals surface area contributed by atoms with Crippen LogP contribution in [0.3, 0.4) is 0 Å². The predicted molar refractivity (Wildman–Crippen MR) is 40.4 cm³/mol. The Kier molecular flexibility index (Phi) is 2.03. The molecule has 0 atom stereocenters. The molecule has 3 heteroatoms. The Labute approximate surface area is 66.4 Å². The van der Waals surface area contributed by atoms with Gasteiger partial charge in [-0.1, -0.05) is 12.1 Å². The minimum atomic E-state index is -0.488. The van der Waals surface area contributed by atoms with Gasteiger partial charge in [0.1, 0.15) is 5.82 Å². The van der Waals surface area contributed by atoms with Gasteiger partial charge in [-0.25, -0.2) is 9.24 Å². The van der Waals surface area contributed by atoms with Crippen molar-refractivity contribution in [2.45, 2.75) is 0 Å².